The number of benzene rings is 1. The summed E-state index contributed by atoms with van der Waals surface area (Å²) >= 11 is 0. The third-order valence-electron chi connectivity index (χ3n) is 4.79. The maximum Gasteiger partial charge on any atom is 0.129 e. The lowest BCUT2D eigenvalue weighted by Gasteiger charge is -2.35. The van der Waals surface area contributed by atoms with Crippen LogP contribution in [0.5, 0.6) is 5.75 Å². The number of aromatic nitrogens is 1. The van der Waals surface area contributed by atoms with Crippen molar-refractivity contribution >= 4 is 16.7 Å². The van der Waals surface area contributed by atoms with Crippen LogP contribution in [0.3, 0.4) is 0 Å². The standard InChI is InChI=1S/C18H23N3O/c1-22-16-5-6-17-15(12-16)4-7-18(19-17)21-10-8-20(9-11-21)13-14-2-3-14/h4-7,12,14H,2-3,8-11,13H2,1H3. The van der Waals surface area contributed by atoms with Gasteiger partial charge in [-0.1, -0.05) is 0 Å². The summed E-state index contributed by atoms with van der Waals surface area (Å²) < 4.78 is 5.27. The number of piperazine rings is 1. The van der Waals surface area contributed by atoms with Crippen LogP contribution < -0.4 is 9.64 Å². The number of nitrogens with zero attached hydrogens (tertiary/aromatic N) is 3. The summed E-state index contributed by atoms with van der Waals surface area (Å²) in [6.45, 7) is 5.80. The molecule has 0 amide bonds. The number of rotatable bonds is 4. The normalized spacial score (nSPS) is 19.6. The Morgan fingerprint density at radius 3 is 2.64 bits per heavy atom. The first kappa shape index (κ1) is 13.8. The molecule has 0 spiro atoms. The van der Waals surface area contributed by atoms with Crippen molar-refractivity contribution in [2.45, 2.75) is 12.8 Å². The zero-order chi connectivity index (χ0) is 14.9. The molecule has 2 aliphatic rings. The van der Waals surface area contributed by atoms with E-state index in [0.717, 1.165) is 41.5 Å². The van der Waals surface area contributed by atoms with Gasteiger partial charge >= 0.3 is 0 Å². The summed E-state index contributed by atoms with van der Waals surface area (Å²) in [5, 5.41) is 1.13. The van der Waals surface area contributed by atoms with Crippen molar-refractivity contribution in [3.05, 3.63) is 30.3 Å². The van der Waals surface area contributed by atoms with Gasteiger partial charge in [-0.15, -0.1) is 0 Å². The summed E-state index contributed by atoms with van der Waals surface area (Å²) in [5.41, 5.74) is 1.04. The van der Waals surface area contributed by atoms with Crippen molar-refractivity contribution in [2.75, 3.05) is 44.7 Å². The van der Waals surface area contributed by atoms with Gasteiger partial charge < -0.3 is 9.64 Å². The average Bonchev–Trinajstić information content (AvgIpc) is 3.38. The van der Waals surface area contributed by atoms with Crippen LogP contribution in [0.4, 0.5) is 5.82 Å². The van der Waals surface area contributed by atoms with Gasteiger partial charge in [-0.05, 0) is 49.1 Å². The van der Waals surface area contributed by atoms with Gasteiger partial charge in [0.05, 0.1) is 12.6 Å². The number of hydrogen-bond acceptors (Lipinski definition) is 4. The Kier molecular flexibility index (Phi) is 3.62. The first-order valence-electron chi connectivity index (χ1n) is 8.24. The van der Waals surface area contributed by atoms with E-state index in [1.165, 1.54) is 32.5 Å². The summed E-state index contributed by atoms with van der Waals surface area (Å²) in [6, 6.07) is 10.3. The maximum absolute atomic E-state index is 5.27. The van der Waals surface area contributed by atoms with Gasteiger partial charge in [-0.3, -0.25) is 4.90 Å². The molecule has 2 fully saturated rings. The van der Waals surface area contributed by atoms with E-state index in [0.29, 0.717) is 0 Å². The number of fused-ring (bicyclic) bond motifs is 1. The van der Waals surface area contributed by atoms with Crippen molar-refractivity contribution < 1.29 is 4.74 Å². The Bertz CT molecular complexity index is 660. The third kappa shape index (κ3) is 2.88. The molecule has 0 unspecified atom stereocenters. The molecule has 1 aromatic heterocycles. The van der Waals surface area contributed by atoms with E-state index in [4.69, 9.17) is 9.72 Å². The van der Waals surface area contributed by atoms with E-state index in [1.807, 2.05) is 18.2 Å². The van der Waals surface area contributed by atoms with Crippen LogP contribution in [0.2, 0.25) is 0 Å². The quantitative estimate of drug-likeness (QED) is 0.867. The SMILES string of the molecule is COc1ccc2nc(N3CCN(CC4CC4)CC3)ccc2c1. The predicted octanol–water partition coefficient (Wildman–Crippen LogP) is 2.78. The Balaban J connectivity index is 1.47. The van der Waals surface area contributed by atoms with Crippen LogP contribution >= 0.6 is 0 Å². The van der Waals surface area contributed by atoms with Gasteiger partial charge in [-0.25, -0.2) is 4.98 Å². The Hall–Kier alpha value is -1.81. The highest BCUT2D eigenvalue weighted by Gasteiger charge is 2.26. The number of pyridine rings is 1. The second-order valence-corrected chi connectivity index (χ2v) is 6.46. The van der Waals surface area contributed by atoms with Gasteiger partial charge in [0.15, 0.2) is 0 Å². The fourth-order valence-electron chi connectivity index (χ4n) is 3.22. The molecular weight excluding hydrogens is 274 g/mol. The van der Waals surface area contributed by atoms with Crippen LogP contribution in [0.1, 0.15) is 12.8 Å². The van der Waals surface area contributed by atoms with Crippen molar-refractivity contribution in [1.82, 2.24) is 9.88 Å². The van der Waals surface area contributed by atoms with Gasteiger partial charge in [0.25, 0.3) is 0 Å². The molecule has 0 atom stereocenters. The molecular formula is C18H23N3O. The Morgan fingerprint density at radius 1 is 1.09 bits per heavy atom. The minimum atomic E-state index is 0.885. The van der Waals surface area contributed by atoms with Crippen LogP contribution in [0.15, 0.2) is 30.3 Å². The van der Waals surface area contributed by atoms with Crippen LogP contribution in [-0.2, 0) is 0 Å². The minimum Gasteiger partial charge on any atom is -0.497 e. The molecule has 22 heavy (non-hydrogen) atoms. The molecule has 1 saturated heterocycles. The van der Waals surface area contributed by atoms with Crippen LogP contribution in [0.25, 0.3) is 10.9 Å². The molecule has 1 aliphatic heterocycles. The van der Waals surface area contributed by atoms with Crippen molar-refractivity contribution in [1.29, 1.82) is 0 Å². The highest BCUT2D eigenvalue weighted by atomic mass is 16.5. The van der Waals surface area contributed by atoms with Crippen molar-refractivity contribution in [3.8, 4) is 5.75 Å². The average molecular weight is 297 g/mol. The lowest BCUT2D eigenvalue weighted by atomic mass is 10.2. The second-order valence-electron chi connectivity index (χ2n) is 6.46. The number of ether oxygens (including phenoxy) is 1. The molecule has 1 saturated carbocycles. The summed E-state index contributed by atoms with van der Waals surface area (Å²) in [6.07, 6.45) is 2.88. The van der Waals surface area contributed by atoms with E-state index >= 15 is 0 Å². The van der Waals surface area contributed by atoms with E-state index in [2.05, 4.69) is 21.9 Å². The van der Waals surface area contributed by atoms with Crippen LogP contribution in [0, 0.1) is 5.92 Å². The largest absolute Gasteiger partial charge is 0.497 e. The smallest absolute Gasteiger partial charge is 0.129 e. The molecule has 4 heteroatoms. The van der Waals surface area contributed by atoms with Gasteiger partial charge in [0.1, 0.15) is 11.6 Å². The molecule has 4 rings (SSSR count). The van der Waals surface area contributed by atoms with Crippen molar-refractivity contribution in [3.63, 3.8) is 0 Å². The molecule has 0 radical (unpaired) electrons. The summed E-state index contributed by atoms with van der Waals surface area (Å²) in [7, 11) is 1.70. The number of hydrogen-bond donors (Lipinski definition) is 0. The Morgan fingerprint density at radius 2 is 1.91 bits per heavy atom. The lowest BCUT2D eigenvalue weighted by molar-refractivity contribution is 0.247. The van der Waals surface area contributed by atoms with E-state index < -0.39 is 0 Å². The maximum atomic E-state index is 5.27. The highest BCUT2D eigenvalue weighted by Crippen LogP contribution is 2.30. The predicted molar refractivity (Wildman–Crippen MR) is 89.7 cm³/mol. The lowest BCUT2D eigenvalue weighted by Crippen LogP contribution is -2.47. The summed E-state index contributed by atoms with van der Waals surface area (Å²) in [5.74, 6) is 2.97. The first-order chi connectivity index (χ1) is 10.8. The molecule has 1 aliphatic carbocycles. The van der Waals surface area contributed by atoms with Crippen LogP contribution in [-0.4, -0.2) is 49.7 Å². The molecule has 1 aromatic carbocycles. The van der Waals surface area contributed by atoms with E-state index in [-0.39, 0.29) is 0 Å². The third-order valence-corrected chi connectivity index (χ3v) is 4.79. The zero-order valence-electron chi connectivity index (χ0n) is 13.2. The molecule has 2 aromatic rings. The van der Waals surface area contributed by atoms with E-state index in [1.54, 1.807) is 7.11 Å². The van der Waals surface area contributed by atoms with Crippen molar-refractivity contribution in [2.24, 2.45) is 5.92 Å². The van der Waals surface area contributed by atoms with Gasteiger partial charge in [-0.2, -0.15) is 0 Å². The van der Waals surface area contributed by atoms with Gasteiger partial charge in [0, 0.05) is 38.1 Å². The second kappa shape index (κ2) is 5.76. The fourth-order valence-corrected chi connectivity index (χ4v) is 3.22. The Labute approximate surface area is 131 Å². The number of methoxy groups -OCH3 is 1. The molecule has 4 nitrogen and oxygen atoms in total. The fraction of sp³-hybridized carbons (Fsp3) is 0.500. The number of anilines is 1. The summed E-state index contributed by atoms with van der Waals surface area (Å²) in [4.78, 5) is 9.85. The molecule has 0 bridgehead atoms. The highest BCUT2D eigenvalue weighted by molar-refractivity contribution is 5.81. The monoisotopic (exact) mass is 297 g/mol. The first-order valence-corrected chi connectivity index (χ1v) is 8.24. The zero-order valence-corrected chi connectivity index (χ0v) is 13.2. The van der Waals surface area contributed by atoms with Gasteiger partial charge in [0.2, 0.25) is 0 Å². The molecule has 0 N–H and O–H groups in total. The minimum absolute atomic E-state index is 0.885. The molecule has 2 heterocycles. The topological polar surface area (TPSA) is 28.6 Å². The molecule has 116 valence electrons. The van der Waals surface area contributed by atoms with E-state index in [9.17, 15) is 0 Å².